The molecular formula is C29H40O4. The Kier molecular flexibility index (Phi) is 7.91. The van der Waals surface area contributed by atoms with Gasteiger partial charge in [0.15, 0.2) is 0 Å². The summed E-state index contributed by atoms with van der Waals surface area (Å²) in [6.07, 6.45) is 5.53. The molecule has 0 saturated heterocycles. The summed E-state index contributed by atoms with van der Waals surface area (Å²) < 4.78 is 0. The number of rotatable bonds is 8. The van der Waals surface area contributed by atoms with E-state index in [0.29, 0.717) is 6.42 Å². The van der Waals surface area contributed by atoms with Crippen molar-refractivity contribution in [2.24, 2.45) is 5.92 Å². The van der Waals surface area contributed by atoms with Gasteiger partial charge in [-0.05, 0) is 90.3 Å². The van der Waals surface area contributed by atoms with E-state index in [1.54, 1.807) is 0 Å². The van der Waals surface area contributed by atoms with Crippen molar-refractivity contribution < 1.29 is 20.4 Å². The van der Waals surface area contributed by atoms with Gasteiger partial charge in [-0.3, -0.25) is 0 Å². The third-order valence-electron chi connectivity index (χ3n) is 8.04. The summed E-state index contributed by atoms with van der Waals surface area (Å²) in [6.45, 7) is 4.18. The van der Waals surface area contributed by atoms with E-state index in [9.17, 15) is 20.4 Å². The molecule has 33 heavy (non-hydrogen) atoms. The van der Waals surface area contributed by atoms with Gasteiger partial charge in [0, 0.05) is 18.4 Å². The zero-order chi connectivity index (χ0) is 23.5. The molecule has 4 heteroatoms. The molecule has 0 radical (unpaired) electrons. The maximum Gasteiger partial charge on any atom is 0.107 e. The minimum atomic E-state index is -1.24. The molecule has 2 aliphatic rings. The normalized spacial score (nSPS) is 27.0. The van der Waals surface area contributed by atoms with E-state index in [-0.39, 0.29) is 12.5 Å². The van der Waals surface area contributed by atoms with Crippen LogP contribution in [0.1, 0.15) is 84.4 Å². The van der Waals surface area contributed by atoms with Crippen LogP contribution in [0.3, 0.4) is 0 Å². The smallest absolute Gasteiger partial charge is 0.107 e. The second-order valence-electron chi connectivity index (χ2n) is 10.1. The third kappa shape index (κ3) is 4.90. The van der Waals surface area contributed by atoms with Gasteiger partial charge in [0.05, 0.1) is 12.2 Å². The molecular weight excluding hydrogens is 412 g/mol. The molecule has 2 aliphatic carbocycles. The Labute approximate surface area is 198 Å². The number of benzene rings is 2. The van der Waals surface area contributed by atoms with Crippen LogP contribution in [-0.2, 0) is 32.1 Å². The van der Waals surface area contributed by atoms with Gasteiger partial charge in [-0.25, -0.2) is 0 Å². The molecule has 0 bridgehead atoms. The largest absolute Gasteiger partial charge is 0.396 e. The van der Waals surface area contributed by atoms with Crippen molar-refractivity contribution in [1.29, 1.82) is 0 Å². The number of fused-ring (bicyclic) bond motifs is 1. The second-order valence-corrected chi connectivity index (χ2v) is 10.1. The lowest BCUT2D eigenvalue weighted by molar-refractivity contribution is -0.127. The van der Waals surface area contributed by atoms with E-state index < -0.39 is 24.2 Å². The Morgan fingerprint density at radius 2 is 1.58 bits per heavy atom. The molecule has 0 amide bonds. The Morgan fingerprint density at radius 1 is 0.879 bits per heavy atom. The van der Waals surface area contributed by atoms with Crippen molar-refractivity contribution in [3.05, 3.63) is 69.3 Å². The lowest BCUT2D eigenvalue weighted by atomic mass is 9.70. The Bertz CT molecular complexity index is 934. The van der Waals surface area contributed by atoms with Gasteiger partial charge in [-0.2, -0.15) is 0 Å². The average molecular weight is 453 g/mol. The fourth-order valence-electron chi connectivity index (χ4n) is 6.03. The van der Waals surface area contributed by atoms with E-state index in [1.807, 2.05) is 0 Å². The van der Waals surface area contributed by atoms with Crippen molar-refractivity contribution in [2.75, 3.05) is 6.61 Å². The van der Waals surface area contributed by atoms with E-state index in [4.69, 9.17) is 0 Å². The first-order valence-corrected chi connectivity index (χ1v) is 12.9. The van der Waals surface area contributed by atoms with Crippen LogP contribution in [-0.4, -0.2) is 45.3 Å². The van der Waals surface area contributed by atoms with Crippen LogP contribution in [0.2, 0.25) is 0 Å². The minimum absolute atomic E-state index is 0.187. The van der Waals surface area contributed by atoms with Crippen LogP contribution in [0.25, 0.3) is 0 Å². The van der Waals surface area contributed by atoms with Crippen molar-refractivity contribution in [2.45, 2.75) is 95.9 Å². The zero-order valence-corrected chi connectivity index (χ0v) is 20.1. The summed E-state index contributed by atoms with van der Waals surface area (Å²) in [7, 11) is 0. The molecule has 0 heterocycles. The quantitative estimate of drug-likeness (QED) is 0.490. The van der Waals surface area contributed by atoms with Crippen LogP contribution in [0.5, 0.6) is 0 Å². The molecule has 0 aromatic heterocycles. The predicted molar refractivity (Wildman–Crippen MR) is 132 cm³/mol. The fraction of sp³-hybridized carbons (Fsp3) is 0.586. The van der Waals surface area contributed by atoms with Crippen LogP contribution < -0.4 is 0 Å². The van der Waals surface area contributed by atoms with Crippen molar-refractivity contribution in [1.82, 2.24) is 0 Å². The van der Waals surface area contributed by atoms with Gasteiger partial charge in [-0.15, -0.1) is 0 Å². The minimum Gasteiger partial charge on any atom is -0.396 e. The van der Waals surface area contributed by atoms with E-state index in [2.05, 4.69) is 44.2 Å². The molecule has 180 valence electrons. The lowest BCUT2D eigenvalue weighted by Gasteiger charge is -2.41. The van der Waals surface area contributed by atoms with Crippen molar-refractivity contribution in [3.63, 3.8) is 0 Å². The number of aliphatic hydroxyl groups excluding tert-OH is 4. The maximum absolute atomic E-state index is 11.0. The van der Waals surface area contributed by atoms with E-state index >= 15 is 0 Å². The van der Waals surface area contributed by atoms with Gasteiger partial charge < -0.3 is 20.4 Å². The summed E-state index contributed by atoms with van der Waals surface area (Å²) in [4.78, 5) is 0. The van der Waals surface area contributed by atoms with Gasteiger partial charge >= 0.3 is 0 Å². The van der Waals surface area contributed by atoms with Crippen LogP contribution in [0, 0.1) is 5.92 Å². The topological polar surface area (TPSA) is 80.9 Å². The highest BCUT2D eigenvalue weighted by atomic mass is 16.4. The zero-order valence-electron chi connectivity index (χ0n) is 20.1. The summed E-state index contributed by atoms with van der Waals surface area (Å²) in [6, 6.07) is 11.2. The van der Waals surface area contributed by atoms with Crippen LogP contribution in [0.15, 0.2) is 30.3 Å². The summed E-state index contributed by atoms with van der Waals surface area (Å²) in [5, 5.41) is 41.8. The van der Waals surface area contributed by atoms with Crippen molar-refractivity contribution in [3.8, 4) is 0 Å². The molecule has 0 spiro atoms. The lowest BCUT2D eigenvalue weighted by Crippen LogP contribution is -2.51. The molecule has 2 aromatic carbocycles. The molecule has 5 unspecified atom stereocenters. The number of aliphatic hydroxyl groups is 4. The van der Waals surface area contributed by atoms with Crippen molar-refractivity contribution >= 4 is 0 Å². The number of aryl methyl sites for hydroxylation is 1. The van der Waals surface area contributed by atoms with E-state index in [0.717, 1.165) is 56.9 Å². The molecule has 0 aliphatic heterocycles. The maximum atomic E-state index is 11.0. The predicted octanol–water partition coefficient (Wildman–Crippen LogP) is 3.85. The van der Waals surface area contributed by atoms with Gasteiger partial charge in [0.2, 0.25) is 0 Å². The molecule has 4 N–H and O–H groups in total. The summed E-state index contributed by atoms with van der Waals surface area (Å²) >= 11 is 0. The molecule has 5 atom stereocenters. The molecule has 2 aromatic rings. The Morgan fingerprint density at radius 3 is 2.24 bits per heavy atom. The highest BCUT2D eigenvalue weighted by Crippen LogP contribution is 2.43. The molecule has 4 rings (SSSR count). The number of unbranched alkanes of at least 4 members (excludes halogenated alkanes) is 1. The average Bonchev–Trinajstić information content (AvgIpc) is 3.33. The number of hydrogen-bond donors (Lipinski definition) is 4. The highest BCUT2D eigenvalue weighted by molar-refractivity contribution is 5.52. The van der Waals surface area contributed by atoms with Gasteiger partial charge in [0.25, 0.3) is 0 Å². The SMILES string of the molecule is CCCCc1c(C2CC(CO)C(O)C(O)C2O)cc(Cc2ccc(CC)cc2)c2c1CCC2. The Balaban J connectivity index is 1.78. The third-order valence-corrected chi connectivity index (χ3v) is 8.04. The molecule has 4 nitrogen and oxygen atoms in total. The first kappa shape index (κ1) is 24.4. The Hall–Kier alpha value is -1.72. The second kappa shape index (κ2) is 10.7. The molecule has 1 saturated carbocycles. The summed E-state index contributed by atoms with van der Waals surface area (Å²) in [5.74, 6) is -0.703. The molecule has 1 fully saturated rings. The standard InChI is InChI=1S/C29H40O4/c1-3-5-7-24-23-9-6-8-22(23)20(14-19-12-10-18(4-2)11-13-19)15-25(24)26-16-21(17-30)27(31)29(33)28(26)32/h10-13,15,21,26-33H,3-9,14,16-17H2,1-2H3. The van der Waals surface area contributed by atoms with E-state index in [1.165, 1.54) is 33.4 Å². The van der Waals surface area contributed by atoms with Gasteiger partial charge in [-0.1, -0.05) is 50.6 Å². The monoisotopic (exact) mass is 452 g/mol. The first-order valence-electron chi connectivity index (χ1n) is 12.9. The fourth-order valence-corrected chi connectivity index (χ4v) is 6.03. The number of hydrogen-bond acceptors (Lipinski definition) is 4. The first-order chi connectivity index (χ1) is 16.0. The van der Waals surface area contributed by atoms with Crippen LogP contribution in [0.4, 0.5) is 0 Å². The van der Waals surface area contributed by atoms with Crippen LogP contribution >= 0.6 is 0 Å². The summed E-state index contributed by atoms with van der Waals surface area (Å²) in [5.41, 5.74) is 9.37. The highest BCUT2D eigenvalue weighted by Gasteiger charge is 2.44. The van der Waals surface area contributed by atoms with Gasteiger partial charge in [0.1, 0.15) is 6.10 Å².